The SMILES string of the molecule is [K+].[K+].[S-]C1=C([S-])SCCCS1. The Bertz CT molecular complexity index is 122. The first kappa shape index (κ1) is 17.5. The minimum absolute atomic E-state index is 0. The minimum atomic E-state index is 0. The molecule has 1 rings (SSSR count). The van der Waals surface area contributed by atoms with Gasteiger partial charge in [-0.2, -0.15) is 32.0 Å². The molecule has 0 saturated carbocycles. The van der Waals surface area contributed by atoms with Gasteiger partial charge in [-0.05, 0) is 17.9 Å². The van der Waals surface area contributed by atoms with Crippen LogP contribution in [0.5, 0.6) is 0 Å². The largest absolute Gasteiger partial charge is 1.00 e. The normalized spacial score (nSPS) is 17.8. The van der Waals surface area contributed by atoms with E-state index in [1.54, 1.807) is 23.5 Å². The van der Waals surface area contributed by atoms with E-state index in [9.17, 15) is 0 Å². The topological polar surface area (TPSA) is 0 Å². The average molecular weight is 273 g/mol. The summed E-state index contributed by atoms with van der Waals surface area (Å²) in [5, 5.41) is 0. The van der Waals surface area contributed by atoms with Crippen LogP contribution in [0.3, 0.4) is 0 Å². The zero-order chi connectivity index (χ0) is 6.69. The first-order valence-corrected chi connectivity index (χ1v) is 5.43. The summed E-state index contributed by atoms with van der Waals surface area (Å²) in [7, 11) is 0. The molecule has 0 bridgehead atoms. The number of rotatable bonds is 0. The van der Waals surface area contributed by atoms with Gasteiger partial charge in [-0.1, -0.05) is 0 Å². The Morgan fingerprint density at radius 2 is 1.27 bits per heavy atom. The molecule has 0 aromatic carbocycles. The second kappa shape index (κ2) is 10.7. The molecule has 0 spiro atoms. The third-order valence-electron chi connectivity index (χ3n) is 0.922. The van der Waals surface area contributed by atoms with Crippen LogP contribution in [0.1, 0.15) is 6.42 Å². The van der Waals surface area contributed by atoms with E-state index in [4.69, 9.17) is 25.3 Å². The maximum absolute atomic E-state index is 5.02. The van der Waals surface area contributed by atoms with E-state index >= 15 is 0 Å². The molecular formula is C5H6K2S4. The molecule has 0 aromatic rings. The van der Waals surface area contributed by atoms with Crippen LogP contribution in [0, 0.1) is 0 Å². The van der Waals surface area contributed by atoms with Crippen molar-refractivity contribution in [1.29, 1.82) is 0 Å². The number of hydrogen-bond donors (Lipinski definition) is 0. The Balaban J connectivity index is 0. The van der Waals surface area contributed by atoms with Crippen LogP contribution in [0.25, 0.3) is 0 Å². The predicted octanol–water partition coefficient (Wildman–Crippen LogP) is -3.92. The van der Waals surface area contributed by atoms with Gasteiger partial charge in [0.05, 0.1) is 0 Å². The van der Waals surface area contributed by atoms with E-state index in [1.807, 2.05) is 0 Å². The van der Waals surface area contributed by atoms with E-state index in [0.717, 1.165) is 20.0 Å². The quantitative estimate of drug-likeness (QED) is 0.326. The van der Waals surface area contributed by atoms with Crippen LogP contribution >= 0.6 is 23.5 Å². The van der Waals surface area contributed by atoms with Gasteiger partial charge in [0.15, 0.2) is 0 Å². The fraction of sp³-hybridized carbons (Fsp3) is 0.600. The molecule has 6 heteroatoms. The Labute approximate surface area is 173 Å². The van der Waals surface area contributed by atoms with Gasteiger partial charge < -0.3 is 25.3 Å². The molecule has 0 N–H and O–H groups in total. The number of hydrogen-bond acceptors (Lipinski definition) is 4. The summed E-state index contributed by atoms with van der Waals surface area (Å²) < 4.78 is 1.85. The van der Waals surface area contributed by atoms with E-state index < -0.39 is 0 Å². The monoisotopic (exact) mass is 272 g/mol. The molecule has 0 fully saturated rings. The molecule has 11 heavy (non-hydrogen) atoms. The van der Waals surface area contributed by atoms with Crippen LogP contribution in [0.15, 0.2) is 8.47 Å². The molecule has 0 radical (unpaired) electrons. The van der Waals surface area contributed by atoms with Crippen molar-refractivity contribution in [3.63, 3.8) is 0 Å². The van der Waals surface area contributed by atoms with Gasteiger partial charge in [0.1, 0.15) is 0 Å². The Hall–Kier alpha value is 4.15. The van der Waals surface area contributed by atoms with Crippen molar-refractivity contribution in [2.75, 3.05) is 11.5 Å². The van der Waals surface area contributed by atoms with Gasteiger partial charge in [0, 0.05) is 0 Å². The molecule has 0 aliphatic carbocycles. The van der Waals surface area contributed by atoms with Crippen LogP contribution in [-0.2, 0) is 25.3 Å². The molecule has 0 atom stereocenters. The molecule has 1 aliphatic rings. The van der Waals surface area contributed by atoms with Crippen molar-refractivity contribution in [1.82, 2.24) is 0 Å². The molecule has 1 aliphatic heterocycles. The van der Waals surface area contributed by atoms with Crippen molar-refractivity contribution >= 4 is 48.8 Å². The van der Waals surface area contributed by atoms with Gasteiger partial charge in [-0.15, -0.1) is 0 Å². The average Bonchev–Trinajstić information content (AvgIpc) is 1.99. The standard InChI is InChI=1S/C5H8S4.2K/c6-4-5(7)9-3-1-2-8-4;;/h6-7H,1-3H2;;/q;2*+1/p-2. The third-order valence-corrected chi connectivity index (χ3v) is 4.47. The van der Waals surface area contributed by atoms with Crippen LogP contribution in [0.2, 0.25) is 0 Å². The molecule has 1 heterocycles. The van der Waals surface area contributed by atoms with E-state index in [0.29, 0.717) is 0 Å². The third kappa shape index (κ3) is 8.01. The second-order valence-corrected chi connectivity index (χ2v) is 5.17. The summed E-state index contributed by atoms with van der Waals surface area (Å²) in [4.78, 5) is 0. The van der Waals surface area contributed by atoms with Crippen molar-refractivity contribution in [2.45, 2.75) is 6.42 Å². The van der Waals surface area contributed by atoms with E-state index in [1.165, 1.54) is 6.42 Å². The van der Waals surface area contributed by atoms with Crippen LogP contribution in [-0.4, -0.2) is 11.5 Å². The van der Waals surface area contributed by atoms with Crippen LogP contribution in [0.4, 0.5) is 0 Å². The van der Waals surface area contributed by atoms with Crippen molar-refractivity contribution in [3.8, 4) is 0 Å². The molecule has 0 unspecified atom stereocenters. The predicted molar refractivity (Wildman–Crippen MR) is 51.3 cm³/mol. The maximum atomic E-state index is 5.02. The van der Waals surface area contributed by atoms with Crippen molar-refractivity contribution < 1.29 is 103 Å². The summed E-state index contributed by atoms with van der Waals surface area (Å²) in [5.74, 6) is 2.29. The fourth-order valence-electron chi connectivity index (χ4n) is 0.507. The molecule has 0 amide bonds. The summed E-state index contributed by atoms with van der Waals surface area (Å²) in [6.07, 6.45) is 1.23. The first-order chi connectivity index (χ1) is 4.30. The zero-order valence-corrected chi connectivity index (χ0v) is 16.3. The first-order valence-electron chi connectivity index (χ1n) is 2.64. The molecule has 0 saturated heterocycles. The molecule has 0 nitrogen and oxygen atoms in total. The van der Waals surface area contributed by atoms with E-state index in [2.05, 4.69) is 0 Å². The van der Waals surface area contributed by atoms with Crippen molar-refractivity contribution in [3.05, 3.63) is 8.47 Å². The minimum Gasteiger partial charge on any atom is -0.774 e. The Morgan fingerprint density at radius 1 is 0.909 bits per heavy atom. The summed E-state index contributed by atoms with van der Waals surface area (Å²) in [6.45, 7) is 0. The fourth-order valence-corrected chi connectivity index (χ4v) is 3.08. The zero-order valence-electron chi connectivity index (χ0n) is 6.75. The van der Waals surface area contributed by atoms with Crippen molar-refractivity contribution in [2.24, 2.45) is 0 Å². The maximum Gasteiger partial charge on any atom is 1.00 e. The van der Waals surface area contributed by atoms with Crippen LogP contribution < -0.4 is 103 Å². The molecule has 0 aromatic heterocycles. The molecular weight excluding hydrogens is 267 g/mol. The van der Waals surface area contributed by atoms with E-state index in [-0.39, 0.29) is 103 Å². The summed E-state index contributed by atoms with van der Waals surface area (Å²) in [6, 6.07) is 0. The molecule has 52 valence electrons. The Kier molecular flexibility index (Phi) is 17.0. The van der Waals surface area contributed by atoms with Gasteiger partial charge >= 0.3 is 103 Å². The summed E-state index contributed by atoms with van der Waals surface area (Å²) in [5.41, 5.74) is 0. The smallest absolute Gasteiger partial charge is 0.774 e. The Morgan fingerprint density at radius 3 is 1.64 bits per heavy atom. The van der Waals surface area contributed by atoms with Gasteiger partial charge in [0.2, 0.25) is 0 Å². The number of thioether (sulfide) groups is 2. The van der Waals surface area contributed by atoms with Gasteiger partial charge in [-0.25, -0.2) is 0 Å². The summed E-state index contributed by atoms with van der Waals surface area (Å²) >= 11 is 13.5. The van der Waals surface area contributed by atoms with Gasteiger partial charge in [0.25, 0.3) is 0 Å². The van der Waals surface area contributed by atoms with Gasteiger partial charge in [-0.3, -0.25) is 0 Å². The second-order valence-electron chi connectivity index (χ2n) is 1.63.